The zero-order chi connectivity index (χ0) is 19.5. The fourth-order valence-electron chi connectivity index (χ4n) is 2.34. The number of ether oxygens (including phenoxy) is 2. The summed E-state index contributed by atoms with van der Waals surface area (Å²) in [6.45, 7) is 5.68. The van der Waals surface area contributed by atoms with Crippen LogP contribution in [0.2, 0.25) is 0 Å². The quantitative estimate of drug-likeness (QED) is 0.179. The number of methoxy groups -OCH3 is 1. The standard InChI is InChI=1S/C21H26N2O3S/c1-16(2)20(24)26-13-9-4-5-10-14-27-21-22-18(15-19(23-21)25-3)17-11-7-6-8-12-17/h6-8,11-12,15H,1,4-5,9-10,13-14H2,2-3H3. The normalized spacial score (nSPS) is 10.4. The molecule has 5 nitrogen and oxygen atoms in total. The third-order valence-corrected chi connectivity index (χ3v) is 4.75. The van der Waals surface area contributed by atoms with Crippen LogP contribution in [0.15, 0.2) is 53.7 Å². The van der Waals surface area contributed by atoms with Crippen molar-refractivity contribution >= 4 is 17.7 Å². The number of rotatable bonds is 11. The molecule has 0 unspecified atom stereocenters. The largest absolute Gasteiger partial charge is 0.481 e. The number of esters is 1. The van der Waals surface area contributed by atoms with Gasteiger partial charge in [0.1, 0.15) is 0 Å². The Morgan fingerprint density at radius 1 is 1.11 bits per heavy atom. The summed E-state index contributed by atoms with van der Waals surface area (Å²) >= 11 is 1.63. The number of carbonyl (C=O) groups excluding carboxylic acids is 1. The van der Waals surface area contributed by atoms with Gasteiger partial charge in [0.05, 0.1) is 19.4 Å². The van der Waals surface area contributed by atoms with Gasteiger partial charge in [-0.1, -0.05) is 61.5 Å². The second kappa shape index (κ2) is 11.4. The highest BCUT2D eigenvalue weighted by atomic mass is 32.2. The van der Waals surface area contributed by atoms with Crippen LogP contribution in [0.4, 0.5) is 0 Å². The van der Waals surface area contributed by atoms with Crippen molar-refractivity contribution in [1.82, 2.24) is 9.97 Å². The molecular formula is C21H26N2O3S. The molecule has 2 aromatic rings. The lowest BCUT2D eigenvalue weighted by Gasteiger charge is -2.07. The van der Waals surface area contributed by atoms with Gasteiger partial charge in [0.25, 0.3) is 0 Å². The summed E-state index contributed by atoms with van der Waals surface area (Å²) in [5.74, 6) is 1.20. The Kier molecular flexibility index (Phi) is 8.84. The van der Waals surface area contributed by atoms with Gasteiger partial charge in [-0.2, -0.15) is 4.98 Å². The molecule has 0 spiro atoms. The molecule has 0 aliphatic rings. The van der Waals surface area contributed by atoms with Gasteiger partial charge in [-0.3, -0.25) is 0 Å². The first-order chi connectivity index (χ1) is 13.1. The maximum Gasteiger partial charge on any atom is 0.333 e. The van der Waals surface area contributed by atoms with E-state index in [1.165, 1.54) is 0 Å². The fourth-order valence-corrected chi connectivity index (χ4v) is 3.19. The van der Waals surface area contributed by atoms with E-state index in [2.05, 4.69) is 16.5 Å². The lowest BCUT2D eigenvalue weighted by molar-refractivity contribution is -0.139. The molecular weight excluding hydrogens is 360 g/mol. The first kappa shape index (κ1) is 21.0. The summed E-state index contributed by atoms with van der Waals surface area (Å²) in [4.78, 5) is 20.3. The molecule has 27 heavy (non-hydrogen) atoms. The van der Waals surface area contributed by atoms with Gasteiger partial charge in [0.15, 0.2) is 5.16 Å². The molecule has 0 saturated carbocycles. The molecule has 0 saturated heterocycles. The molecule has 6 heteroatoms. The third kappa shape index (κ3) is 7.43. The predicted octanol–water partition coefficient (Wildman–Crippen LogP) is 4.92. The van der Waals surface area contributed by atoms with Crippen LogP contribution in [-0.4, -0.2) is 35.4 Å². The summed E-state index contributed by atoms with van der Waals surface area (Å²) in [6.07, 6.45) is 4.03. The van der Waals surface area contributed by atoms with E-state index in [1.807, 2.05) is 36.4 Å². The molecule has 0 radical (unpaired) electrons. The lowest BCUT2D eigenvalue weighted by atomic mass is 10.1. The topological polar surface area (TPSA) is 61.3 Å². The Morgan fingerprint density at radius 3 is 2.56 bits per heavy atom. The van der Waals surface area contributed by atoms with E-state index in [9.17, 15) is 4.79 Å². The van der Waals surface area contributed by atoms with Gasteiger partial charge in [0, 0.05) is 23.0 Å². The molecule has 1 aromatic heterocycles. The number of hydrogen-bond donors (Lipinski definition) is 0. The van der Waals surface area contributed by atoms with E-state index in [0.29, 0.717) is 18.1 Å². The number of aromatic nitrogens is 2. The Morgan fingerprint density at radius 2 is 1.85 bits per heavy atom. The molecule has 0 fully saturated rings. The molecule has 0 aliphatic heterocycles. The summed E-state index contributed by atoms with van der Waals surface area (Å²) in [5, 5.41) is 0.726. The number of carbonyl (C=O) groups is 1. The summed E-state index contributed by atoms with van der Waals surface area (Å²) in [6, 6.07) is 11.9. The van der Waals surface area contributed by atoms with Gasteiger partial charge in [-0.05, 0) is 19.8 Å². The Labute approximate surface area is 165 Å². The van der Waals surface area contributed by atoms with Crippen LogP contribution in [0.1, 0.15) is 32.6 Å². The van der Waals surface area contributed by atoms with Gasteiger partial charge >= 0.3 is 5.97 Å². The minimum atomic E-state index is -0.310. The second-order valence-electron chi connectivity index (χ2n) is 6.12. The highest BCUT2D eigenvalue weighted by Gasteiger charge is 2.07. The SMILES string of the molecule is C=C(C)C(=O)OCCCCCCSc1nc(OC)cc(-c2ccccc2)n1. The smallest absolute Gasteiger partial charge is 0.333 e. The maximum absolute atomic E-state index is 11.3. The van der Waals surface area contributed by atoms with Crippen LogP contribution in [0.5, 0.6) is 5.88 Å². The van der Waals surface area contributed by atoms with Crippen LogP contribution in [-0.2, 0) is 9.53 Å². The van der Waals surface area contributed by atoms with E-state index in [1.54, 1.807) is 25.8 Å². The van der Waals surface area contributed by atoms with Crippen LogP contribution in [0.3, 0.4) is 0 Å². The minimum absolute atomic E-state index is 0.310. The lowest BCUT2D eigenvalue weighted by Crippen LogP contribution is -2.06. The van der Waals surface area contributed by atoms with Gasteiger partial charge in [-0.25, -0.2) is 9.78 Å². The van der Waals surface area contributed by atoms with E-state index in [4.69, 9.17) is 9.47 Å². The van der Waals surface area contributed by atoms with Crippen molar-refractivity contribution in [2.75, 3.05) is 19.5 Å². The van der Waals surface area contributed by atoms with Crippen molar-refractivity contribution in [2.24, 2.45) is 0 Å². The number of unbranched alkanes of at least 4 members (excludes halogenated alkanes) is 3. The van der Waals surface area contributed by atoms with E-state index in [0.717, 1.165) is 47.8 Å². The van der Waals surface area contributed by atoms with E-state index in [-0.39, 0.29) is 5.97 Å². The fraction of sp³-hybridized carbons (Fsp3) is 0.381. The molecule has 1 heterocycles. The molecule has 0 N–H and O–H groups in total. The van der Waals surface area contributed by atoms with E-state index >= 15 is 0 Å². The molecule has 0 bridgehead atoms. The second-order valence-corrected chi connectivity index (χ2v) is 7.19. The molecule has 0 aliphatic carbocycles. The van der Waals surface area contributed by atoms with E-state index < -0.39 is 0 Å². The summed E-state index contributed by atoms with van der Waals surface area (Å²) in [7, 11) is 1.62. The monoisotopic (exact) mass is 386 g/mol. The van der Waals surface area contributed by atoms with Crippen molar-refractivity contribution < 1.29 is 14.3 Å². The van der Waals surface area contributed by atoms with Crippen LogP contribution in [0.25, 0.3) is 11.3 Å². The van der Waals surface area contributed by atoms with Gasteiger partial charge in [-0.15, -0.1) is 0 Å². The first-order valence-electron chi connectivity index (χ1n) is 9.04. The van der Waals surface area contributed by atoms with Gasteiger partial charge in [0.2, 0.25) is 5.88 Å². The Balaban J connectivity index is 1.74. The zero-order valence-corrected chi connectivity index (χ0v) is 16.8. The summed E-state index contributed by atoms with van der Waals surface area (Å²) in [5.41, 5.74) is 2.35. The molecule has 1 aromatic carbocycles. The Bertz CT molecular complexity index is 750. The number of thioether (sulfide) groups is 1. The minimum Gasteiger partial charge on any atom is -0.481 e. The molecule has 0 amide bonds. The third-order valence-electron chi connectivity index (χ3n) is 3.81. The van der Waals surface area contributed by atoms with Crippen molar-refractivity contribution in [1.29, 1.82) is 0 Å². The summed E-state index contributed by atoms with van der Waals surface area (Å²) < 4.78 is 10.4. The molecule has 144 valence electrons. The van der Waals surface area contributed by atoms with Crippen LogP contribution in [0, 0.1) is 0 Å². The average Bonchev–Trinajstić information content (AvgIpc) is 2.70. The van der Waals surface area contributed by atoms with Crippen LogP contribution < -0.4 is 4.74 Å². The number of nitrogens with zero attached hydrogens (tertiary/aromatic N) is 2. The Hall–Kier alpha value is -2.34. The maximum atomic E-state index is 11.3. The number of benzene rings is 1. The van der Waals surface area contributed by atoms with Crippen molar-refractivity contribution in [2.45, 2.75) is 37.8 Å². The van der Waals surface area contributed by atoms with Crippen LogP contribution >= 0.6 is 11.8 Å². The zero-order valence-electron chi connectivity index (χ0n) is 15.9. The van der Waals surface area contributed by atoms with Crippen molar-refractivity contribution in [3.05, 3.63) is 48.6 Å². The highest BCUT2D eigenvalue weighted by molar-refractivity contribution is 7.99. The first-order valence-corrected chi connectivity index (χ1v) is 10.0. The average molecular weight is 387 g/mol. The van der Waals surface area contributed by atoms with Crippen molar-refractivity contribution in [3.8, 4) is 17.1 Å². The van der Waals surface area contributed by atoms with Crippen molar-refractivity contribution in [3.63, 3.8) is 0 Å². The molecule has 0 atom stereocenters. The molecule has 2 rings (SSSR count). The number of hydrogen-bond acceptors (Lipinski definition) is 6. The predicted molar refractivity (Wildman–Crippen MR) is 109 cm³/mol. The van der Waals surface area contributed by atoms with Gasteiger partial charge < -0.3 is 9.47 Å². The highest BCUT2D eigenvalue weighted by Crippen LogP contribution is 2.25.